The molecule has 0 bridgehead atoms. The first-order valence-electron chi connectivity index (χ1n) is 8.57. The van der Waals surface area contributed by atoms with Crippen molar-refractivity contribution in [3.63, 3.8) is 0 Å². The first kappa shape index (κ1) is 20.6. The van der Waals surface area contributed by atoms with E-state index in [4.69, 9.17) is 25.8 Å². The molecule has 27 heavy (non-hydrogen) atoms. The summed E-state index contributed by atoms with van der Waals surface area (Å²) in [5.74, 6) is -0.0900. The van der Waals surface area contributed by atoms with Gasteiger partial charge < -0.3 is 19.5 Å². The fourth-order valence-corrected chi connectivity index (χ4v) is 2.44. The van der Waals surface area contributed by atoms with Gasteiger partial charge >= 0.3 is 5.97 Å². The van der Waals surface area contributed by atoms with Crippen molar-refractivity contribution in [3.8, 4) is 11.5 Å². The number of hydrogen-bond acceptors (Lipinski definition) is 5. The number of aryl methyl sites for hydroxylation is 1. The third-order valence-corrected chi connectivity index (χ3v) is 3.98. The van der Waals surface area contributed by atoms with Gasteiger partial charge in [-0.25, -0.2) is 4.79 Å². The first-order chi connectivity index (χ1) is 12.9. The topological polar surface area (TPSA) is 73.9 Å². The Bertz CT molecular complexity index is 822. The number of carbonyl (C=O) groups is 2. The Morgan fingerprint density at radius 2 is 1.70 bits per heavy atom. The number of ether oxygens (including phenoxy) is 3. The molecule has 0 aliphatic heterocycles. The van der Waals surface area contributed by atoms with Gasteiger partial charge in [-0.1, -0.05) is 17.7 Å². The van der Waals surface area contributed by atoms with Crippen molar-refractivity contribution in [1.82, 2.24) is 0 Å². The minimum Gasteiger partial charge on any atom is -0.490 e. The van der Waals surface area contributed by atoms with Gasteiger partial charge in [0.25, 0.3) is 5.91 Å². The third-order valence-electron chi connectivity index (χ3n) is 3.57. The predicted molar refractivity (Wildman–Crippen MR) is 104 cm³/mol. The van der Waals surface area contributed by atoms with Gasteiger partial charge in [-0.3, -0.25) is 4.79 Å². The average molecular weight is 392 g/mol. The molecule has 1 N–H and O–H groups in total. The van der Waals surface area contributed by atoms with Gasteiger partial charge in [0, 0.05) is 10.7 Å². The zero-order chi connectivity index (χ0) is 19.8. The molecule has 2 aromatic carbocycles. The van der Waals surface area contributed by atoms with Crippen LogP contribution in [0.25, 0.3) is 0 Å². The van der Waals surface area contributed by atoms with Crippen LogP contribution in [-0.2, 0) is 9.53 Å². The Morgan fingerprint density at radius 3 is 2.37 bits per heavy atom. The highest BCUT2D eigenvalue weighted by molar-refractivity contribution is 6.31. The highest BCUT2D eigenvalue weighted by Gasteiger charge is 2.14. The van der Waals surface area contributed by atoms with E-state index in [9.17, 15) is 9.59 Å². The van der Waals surface area contributed by atoms with E-state index < -0.39 is 18.5 Å². The molecule has 1 amide bonds. The summed E-state index contributed by atoms with van der Waals surface area (Å²) in [7, 11) is 0. The molecule has 0 aromatic heterocycles. The molecule has 0 heterocycles. The number of hydrogen-bond donors (Lipinski definition) is 1. The monoisotopic (exact) mass is 391 g/mol. The summed E-state index contributed by atoms with van der Waals surface area (Å²) >= 11 is 6.02. The number of esters is 1. The maximum atomic E-state index is 12.2. The zero-order valence-corrected chi connectivity index (χ0v) is 16.3. The molecule has 0 spiro atoms. The van der Waals surface area contributed by atoms with E-state index in [1.807, 2.05) is 20.8 Å². The quantitative estimate of drug-likeness (QED) is 0.681. The van der Waals surface area contributed by atoms with Gasteiger partial charge in [-0.05, 0) is 56.7 Å². The number of anilines is 1. The van der Waals surface area contributed by atoms with E-state index in [0.29, 0.717) is 35.4 Å². The molecule has 144 valence electrons. The number of nitrogens with one attached hydrogen (secondary N) is 1. The Kier molecular flexibility index (Phi) is 7.49. The summed E-state index contributed by atoms with van der Waals surface area (Å²) < 4.78 is 16.0. The molecule has 2 aromatic rings. The van der Waals surface area contributed by atoms with E-state index in [0.717, 1.165) is 5.56 Å². The summed E-state index contributed by atoms with van der Waals surface area (Å²) in [5, 5.41) is 3.17. The summed E-state index contributed by atoms with van der Waals surface area (Å²) in [4.78, 5) is 24.2. The van der Waals surface area contributed by atoms with E-state index >= 15 is 0 Å². The van der Waals surface area contributed by atoms with Gasteiger partial charge in [0.2, 0.25) is 0 Å². The van der Waals surface area contributed by atoms with Crippen LogP contribution in [0.1, 0.15) is 29.8 Å². The Labute approximate surface area is 163 Å². The van der Waals surface area contributed by atoms with Crippen molar-refractivity contribution in [3.05, 3.63) is 52.5 Å². The maximum absolute atomic E-state index is 12.2. The number of rotatable bonds is 8. The second kappa shape index (κ2) is 9.83. The van der Waals surface area contributed by atoms with Crippen molar-refractivity contribution >= 4 is 29.2 Å². The van der Waals surface area contributed by atoms with Crippen molar-refractivity contribution in [1.29, 1.82) is 0 Å². The highest BCUT2D eigenvalue weighted by Crippen LogP contribution is 2.28. The molecule has 0 radical (unpaired) electrons. The molecule has 2 rings (SSSR count). The fourth-order valence-electron chi connectivity index (χ4n) is 2.26. The van der Waals surface area contributed by atoms with Gasteiger partial charge in [0.05, 0.1) is 18.8 Å². The van der Waals surface area contributed by atoms with Crippen LogP contribution in [0, 0.1) is 6.92 Å². The van der Waals surface area contributed by atoms with Crippen LogP contribution in [-0.4, -0.2) is 31.7 Å². The normalized spacial score (nSPS) is 10.2. The van der Waals surface area contributed by atoms with Gasteiger partial charge in [-0.2, -0.15) is 0 Å². The van der Waals surface area contributed by atoms with Crippen molar-refractivity contribution in [2.24, 2.45) is 0 Å². The standard InChI is InChI=1S/C20H22ClNO5/c1-4-25-17-9-7-14(10-18(17)26-5-2)20(24)27-12-19(23)22-15-8-6-13(3)16(21)11-15/h6-11H,4-5,12H2,1-3H3,(H,22,23). The van der Waals surface area contributed by atoms with Crippen molar-refractivity contribution in [2.45, 2.75) is 20.8 Å². The fraction of sp³-hybridized carbons (Fsp3) is 0.300. The third kappa shape index (κ3) is 5.89. The number of carbonyl (C=O) groups excluding carboxylic acids is 2. The molecule has 6 nitrogen and oxygen atoms in total. The highest BCUT2D eigenvalue weighted by atomic mass is 35.5. The van der Waals surface area contributed by atoms with Crippen LogP contribution < -0.4 is 14.8 Å². The Hall–Kier alpha value is -2.73. The van der Waals surface area contributed by atoms with Crippen molar-refractivity contribution in [2.75, 3.05) is 25.1 Å². The largest absolute Gasteiger partial charge is 0.490 e. The minimum absolute atomic E-state index is 0.271. The molecular formula is C20H22ClNO5. The molecule has 0 unspecified atom stereocenters. The molecular weight excluding hydrogens is 370 g/mol. The van der Waals surface area contributed by atoms with Crippen LogP contribution >= 0.6 is 11.6 Å². The Morgan fingerprint density at radius 1 is 1.00 bits per heavy atom. The number of benzene rings is 2. The van der Waals surface area contributed by atoms with Crippen LogP contribution in [0.4, 0.5) is 5.69 Å². The zero-order valence-electron chi connectivity index (χ0n) is 15.5. The molecule has 0 atom stereocenters. The second-order valence-electron chi connectivity index (χ2n) is 5.62. The molecule has 0 aliphatic rings. The van der Waals surface area contributed by atoms with Gasteiger partial charge in [0.1, 0.15) is 0 Å². The minimum atomic E-state index is -0.629. The van der Waals surface area contributed by atoms with E-state index in [-0.39, 0.29) is 5.56 Å². The van der Waals surface area contributed by atoms with E-state index in [1.54, 1.807) is 30.3 Å². The van der Waals surface area contributed by atoms with E-state index in [1.165, 1.54) is 6.07 Å². The Balaban J connectivity index is 1.97. The number of halogens is 1. The SMILES string of the molecule is CCOc1ccc(C(=O)OCC(=O)Nc2ccc(C)c(Cl)c2)cc1OCC. The summed E-state index contributed by atoms with van der Waals surface area (Å²) in [5.41, 5.74) is 1.71. The van der Waals surface area contributed by atoms with Gasteiger partial charge in [-0.15, -0.1) is 0 Å². The maximum Gasteiger partial charge on any atom is 0.338 e. The molecule has 0 fully saturated rings. The molecule has 0 saturated heterocycles. The lowest BCUT2D eigenvalue weighted by atomic mass is 10.2. The smallest absolute Gasteiger partial charge is 0.338 e. The van der Waals surface area contributed by atoms with Crippen molar-refractivity contribution < 1.29 is 23.8 Å². The second-order valence-corrected chi connectivity index (χ2v) is 6.02. The van der Waals surface area contributed by atoms with Crippen LogP contribution in [0.15, 0.2) is 36.4 Å². The summed E-state index contributed by atoms with van der Waals surface area (Å²) in [6, 6.07) is 9.89. The van der Waals surface area contributed by atoms with Gasteiger partial charge in [0.15, 0.2) is 18.1 Å². The molecule has 0 saturated carbocycles. The predicted octanol–water partition coefficient (Wildman–Crippen LogP) is 4.24. The van der Waals surface area contributed by atoms with Crippen LogP contribution in [0.2, 0.25) is 5.02 Å². The lowest BCUT2D eigenvalue weighted by molar-refractivity contribution is -0.119. The summed E-state index contributed by atoms with van der Waals surface area (Å²) in [6.45, 7) is 6.05. The lowest BCUT2D eigenvalue weighted by Gasteiger charge is -2.12. The summed E-state index contributed by atoms with van der Waals surface area (Å²) in [6.07, 6.45) is 0. The lowest BCUT2D eigenvalue weighted by Crippen LogP contribution is -2.21. The molecule has 0 aliphatic carbocycles. The first-order valence-corrected chi connectivity index (χ1v) is 8.95. The van der Waals surface area contributed by atoms with Crippen LogP contribution in [0.5, 0.6) is 11.5 Å². The van der Waals surface area contributed by atoms with E-state index in [2.05, 4.69) is 5.32 Å². The van der Waals surface area contributed by atoms with Crippen LogP contribution in [0.3, 0.4) is 0 Å². The average Bonchev–Trinajstić information content (AvgIpc) is 2.64. The number of amides is 1. The molecule has 7 heteroatoms.